The van der Waals surface area contributed by atoms with Crippen LogP contribution in [0.3, 0.4) is 0 Å². The first-order chi connectivity index (χ1) is 8.00. The fraction of sp³-hybridized carbons (Fsp3) is 0.273. The van der Waals surface area contributed by atoms with Crippen LogP contribution < -0.4 is 4.90 Å². The normalized spacial score (nSPS) is 19.8. The van der Waals surface area contributed by atoms with E-state index in [-0.39, 0.29) is 6.42 Å². The molecule has 1 aliphatic heterocycles. The largest absolute Gasteiger partial charge is 0.481 e. The van der Waals surface area contributed by atoms with Crippen molar-refractivity contribution < 1.29 is 19.1 Å². The number of rotatable bonds is 2. The minimum atomic E-state index is -1.12. The van der Waals surface area contributed by atoms with Gasteiger partial charge in [-0.15, -0.1) is 0 Å². The molecule has 90 valence electrons. The van der Waals surface area contributed by atoms with E-state index in [1.807, 2.05) is 0 Å². The van der Waals surface area contributed by atoms with Crippen LogP contribution in [0.25, 0.3) is 0 Å². The third-order valence-electron chi connectivity index (χ3n) is 2.70. The molecule has 1 aliphatic rings. The van der Waals surface area contributed by atoms with Gasteiger partial charge in [-0.1, -0.05) is 0 Å². The molecular weight excluding hydrogens is 293 g/mol. The summed E-state index contributed by atoms with van der Waals surface area (Å²) in [6, 6.07) is 3.94. The summed E-state index contributed by atoms with van der Waals surface area (Å²) in [7, 11) is 0. The van der Waals surface area contributed by atoms with Crippen LogP contribution in [0.4, 0.5) is 10.1 Å². The average molecular weight is 302 g/mol. The first-order valence-electron chi connectivity index (χ1n) is 5.00. The Morgan fingerprint density at radius 1 is 1.53 bits per heavy atom. The highest BCUT2D eigenvalue weighted by atomic mass is 79.9. The number of carbonyl (C=O) groups is 2. The van der Waals surface area contributed by atoms with E-state index in [1.54, 1.807) is 0 Å². The summed E-state index contributed by atoms with van der Waals surface area (Å²) in [4.78, 5) is 24.0. The molecule has 17 heavy (non-hydrogen) atoms. The number of hydrogen-bond donors (Lipinski definition) is 1. The Morgan fingerprint density at radius 3 is 2.76 bits per heavy atom. The van der Waals surface area contributed by atoms with Crippen LogP contribution >= 0.6 is 15.9 Å². The second-order valence-corrected chi connectivity index (χ2v) is 4.62. The van der Waals surface area contributed by atoms with Crippen molar-refractivity contribution in [2.24, 2.45) is 5.92 Å². The standard InChI is InChI=1S/C11H9BrFNO3/c12-8-5-6(13)1-2-9(8)14-4-3-7(10(14)15)11(16)17/h1-2,5,7H,3-4H2,(H,16,17). The highest BCUT2D eigenvalue weighted by Crippen LogP contribution is 2.32. The quantitative estimate of drug-likeness (QED) is 0.850. The summed E-state index contributed by atoms with van der Waals surface area (Å²) in [6.07, 6.45) is 0.276. The molecule has 1 fully saturated rings. The van der Waals surface area contributed by atoms with Crippen LogP contribution in [-0.4, -0.2) is 23.5 Å². The highest BCUT2D eigenvalue weighted by Gasteiger charge is 2.38. The SMILES string of the molecule is O=C(O)C1CCN(c2ccc(F)cc2Br)C1=O. The number of halogens is 2. The van der Waals surface area contributed by atoms with E-state index in [0.717, 1.165) is 0 Å². The Balaban J connectivity index is 2.30. The molecule has 1 N–H and O–H groups in total. The highest BCUT2D eigenvalue weighted by molar-refractivity contribution is 9.10. The summed E-state index contributed by atoms with van der Waals surface area (Å²) in [6.45, 7) is 0.333. The van der Waals surface area contributed by atoms with Crippen molar-refractivity contribution in [3.63, 3.8) is 0 Å². The van der Waals surface area contributed by atoms with Gasteiger partial charge in [-0.05, 0) is 40.5 Å². The molecule has 0 bridgehead atoms. The van der Waals surface area contributed by atoms with Crippen molar-refractivity contribution in [2.45, 2.75) is 6.42 Å². The number of carbonyl (C=O) groups excluding carboxylic acids is 1. The van der Waals surface area contributed by atoms with E-state index in [4.69, 9.17) is 5.11 Å². The van der Waals surface area contributed by atoms with Crippen molar-refractivity contribution >= 4 is 33.5 Å². The Labute approximate surface area is 105 Å². The van der Waals surface area contributed by atoms with Gasteiger partial charge >= 0.3 is 5.97 Å². The van der Waals surface area contributed by atoms with E-state index in [0.29, 0.717) is 16.7 Å². The molecule has 1 aromatic carbocycles. The number of carboxylic acid groups (broad SMARTS) is 1. The fourth-order valence-corrected chi connectivity index (χ4v) is 2.41. The van der Waals surface area contributed by atoms with E-state index in [1.165, 1.54) is 23.1 Å². The van der Waals surface area contributed by atoms with E-state index < -0.39 is 23.6 Å². The zero-order valence-electron chi connectivity index (χ0n) is 8.69. The van der Waals surface area contributed by atoms with Gasteiger partial charge in [0.25, 0.3) is 0 Å². The minimum Gasteiger partial charge on any atom is -0.481 e. The predicted octanol–water partition coefficient (Wildman–Crippen LogP) is 2.03. The molecular formula is C11H9BrFNO3. The Morgan fingerprint density at radius 2 is 2.24 bits per heavy atom. The van der Waals surface area contributed by atoms with Crippen molar-refractivity contribution in [1.29, 1.82) is 0 Å². The molecule has 4 nitrogen and oxygen atoms in total. The van der Waals surface area contributed by atoms with Gasteiger partial charge in [0.1, 0.15) is 11.7 Å². The number of hydrogen-bond acceptors (Lipinski definition) is 2. The lowest BCUT2D eigenvalue weighted by Gasteiger charge is -2.17. The first-order valence-corrected chi connectivity index (χ1v) is 5.79. The molecule has 1 unspecified atom stereocenters. The monoisotopic (exact) mass is 301 g/mol. The zero-order valence-corrected chi connectivity index (χ0v) is 10.3. The number of aliphatic carboxylic acids is 1. The third-order valence-corrected chi connectivity index (χ3v) is 3.34. The van der Waals surface area contributed by atoms with Gasteiger partial charge in [0, 0.05) is 11.0 Å². The molecule has 1 amide bonds. The van der Waals surface area contributed by atoms with Crippen LogP contribution in [0.5, 0.6) is 0 Å². The summed E-state index contributed by atoms with van der Waals surface area (Å²) >= 11 is 3.16. The van der Waals surface area contributed by atoms with Crippen LogP contribution in [0.1, 0.15) is 6.42 Å². The average Bonchev–Trinajstić information content (AvgIpc) is 2.60. The van der Waals surface area contributed by atoms with Crippen LogP contribution in [0.15, 0.2) is 22.7 Å². The number of anilines is 1. The molecule has 1 heterocycles. The third kappa shape index (κ3) is 2.17. The summed E-state index contributed by atoms with van der Waals surface area (Å²) < 4.78 is 13.4. The fourth-order valence-electron chi connectivity index (χ4n) is 1.85. The smallest absolute Gasteiger partial charge is 0.316 e. The lowest BCUT2D eigenvalue weighted by Crippen LogP contribution is -2.30. The van der Waals surface area contributed by atoms with Crippen molar-refractivity contribution in [3.05, 3.63) is 28.5 Å². The van der Waals surface area contributed by atoms with Gasteiger partial charge < -0.3 is 10.0 Å². The molecule has 1 atom stereocenters. The number of amides is 1. The molecule has 1 aromatic rings. The van der Waals surface area contributed by atoms with Crippen molar-refractivity contribution in [1.82, 2.24) is 0 Å². The van der Waals surface area contributed by atoms with Gasteiger partial charge in [0.15, 0.2) is 0 Å². The van der Waals surface area contributed by atoms with E-state index in [2.05, 4.69) is 15.9 Å². The van der Waals surface area contributed by atoms with Gasteiger partial charge in [-0.2, -0.15) is 0 Å². The second kappa shape index (κ2) is 4.44. The maximum absolute atomic E-state index is 12.9. The predicted molar refractivity (Wildman–Crippen MR) is 62.2 cm³/mol. The van der Waals surface area contributed by atoms with Crippen molar-refractivity contribution in [2.75, 3.05) is 11.4 Å². The minimum absolute atomic E-state index is 0.276. The molecule has 6 heteroatoms. The number of carboxylic acids is 1. The summed E-state index contributed by atoms with van der Waals surface area (Å²) in [5.74, 6) is -2.98. The lowest BCUT2D eigenvalue weighted by molar-refractivity contribution is -0.144. The maximum atomic E-state index is 12.9. The summed E-state index contributed by atoms with van der Waals surface area (Å²) in [5, 5.41) is 8.84. The number of nitrogens with zero attached hydrogens (tertiary/aromatic N) is 1. The second-order valence-electron chi connectivity index (χ2n) is 3.77. The molecule has 2 rings (SSSR count). The summed E-state index contributed by atoms with van der Waals surface area (Å²) in [5.41, 5.74) is 0.500. The number of benzene rings is 1. The van der Waals surface area contributed by atoms with Crippen LogP contribution in [0, 0.1) is 11.7 Å². The molecule has 0 radical (unpaired) electrons. The van der Waals surface area contributed by atoms with Gasteiger partial charge in [0.2, 0.25) is 5.91 Å². The van der Waals surface area contributed by atoms with E-state index >= 15 is 0 Å². The Kier molecular flexibility index (Phi) is 3.15. The van der Waals surface area contributed by atoms with Gasteiger partial charge in [-0.3, -0.25) is 9.59 Å². The molecule has 1 saturated heterocycles. The zero-order chi connectivity index (χ0) is 12.6. The molecule has 0 spiro atoms. The Bertz CT molecular complexity index is 492. The lowest BCUT2D eigenvalue weighted by atomic mass is 10.1. The van der Waals surface area contributed by atoms with Gasteiger partial charge in [-0.25, -0.2) is 4.39 Å². The first kappa shape index (κ1) is 12.0. The van der Waals surface area contributed by atoms with Crippen molar-refractivity contribution in [3.8, 4) is 0 Å². The van der Waals surface area contributed by atoms with Gasteiger partial charge in [0.05, 0.1) is 5.69 Å². The van der Waals surface area contributed by atoms with Crippen LogP contribution in [0.2, 0.25) is 0 Å². The molecule has 0 saturated carbocycles. The maximum Gasteiger partial charge on any atom is 0.316 e. The van der Waals surface area contributed by atoms with E-state index in [9.17, 15) is 14.0 Å². The topological polar surface area (TPSA) is 57.6 Å². The Hall–Kier alpha value is -1.43. The molecule has 0 aromatic heterocycles. The molecule has 0 aliphatic carbocycles. The van der Waals surface area contributed by atoms with Crippen LogP contribution in [-0.2, 0) is 9.59 Å².